The van der Waals surface area contributed by atoms with Crippen LogP contribution in [-0.4, -0.2) is 26.6 Å². The molecule has 0 aliphatic rings. The summed E-state index contributed by atoms with van der Waals surface area (Å²) in [5.74, 6) is 0.832. The number of benzene rings is 1. The van der Waals surface area contributed by atoms with Gasteiger partial charge in [0.2, 0.25) is 5.91 Å². The monoisotopic (exact) mass is 250 g/mol. The lowest BCUT2D eigenvalue weighted by atomic mass is 10.1. The van der Waals surface area contributed by atoms with Crippen molar-refractivity contribution in [2.75, 3.05) is 20.7 Å². The second-order valence-corrected chi connectivity index (χ2v) is 4.31. The van der Waals surface area contributed by atoms with Crippen LogP contribution in [0.25, 0.3) is 0 Å². The molecule has 0 bridgehead atoms. The Morgan fingerprint density at radius 1 is 1.39 bits per heavy atom. The van der Waals surface area contributed by atoms with E-state index in [1.54, 1.807) is 7.05 Å². The molecule has 0 saturated heterocycles. The molecule has 0 spiro atoms. The first-order chi connectivity index (χ1) is 8.58. The van der Waals surface area contributed by atoms with Gasteiger partial charge in [0.1, 0.15) is 5.75 Å². The lowest BCUT2D eigenvalue weighted by Crippen LogP contribution is -2.20. The molecule has 1 atom stereocenters. The number of amides is 1. The molecular formula is C14H22N2O2. The molecule has 4 heteroatoms. The van der Waals surface area contributed by atoms with E-state index in [-0.39, 0.29) is 5.91 Å². The highest BCUT2D eigenvalue weighted by atomic mass is 16.5. The Balaban J connectivity index is 2.60. The van der Waals surface area contributed by atoms with E-state index < -0.39 is 0 Å². The molecule has 0 radical (unpaired) electrons. The number of ether oxygens (including phenoxy) is 1. The molecule has 18 heavy (non-hydrogen) atoms. The van der Waals surface area contributed by atoms with Crippen LogP contribution in [0.2, 0.25) is 0 Å². The summed E-state index contributed by atoms with van der Waals surface area (Å²) in [5, 5.41) is 5.77. The molecule has 0 heterocycles. The Kier molecular flexibility index (Phi) is 5.65. The number of carbonyl (C=O) groups excluding carboxylic acids is 1. The summed E-state index contributed by atoms with van der Waals surface area (Å²) in [7, 11) is 3.56. The van der Waals surface area contributed by atoms with Crippen molar-refractivity contribution in [2.24, 2.45) is 0 Å². The predicted octanol–water partition coefficient (Wildman–Crippen LogP) is 1.79. The highest BCUT2D eigenvalue weighted by molar-refractivity contribution is 5.75. The van der Waals surface area contributed by atoms with Gasteiger partial charge in [-0.3, -0.25) is 4.79 Å². The van der Waals surface area contributed by atoms with Crippen LogP contribution in [0, 0.1) is 6.92 Å². The Labute approximate surface area is 109 Å². The van der Waals surface area contributed by atoms with E-state index in [1.165, 1.54) is 5.56 Å². The second kappa shape index (κ2) is 7.01. The van der Waals surface area contributed by atoms with E-state index in [1.807, 2.05) is 26.1 Å². The van der Waals surface area contributed by atoms with Crippen LogP contribution in [0.15, 0.2) is 18.2 Å². The van der Waals surface area contributed by atoms with Gasteiger partial charge < -0.3 is 15.4 Å². The van der Waals surface area contributed by atoms with Crippen molar-refractivity contribution >= 4 is 5.91 Å². The van der Waals surface area contributed by atoms with Gasteiger partial charge in [0.15, 0.2) is 0 Å². The summed E-state index contributed by atoms with van der Waals surface area (Å²) in [5.41, 5.74) is 2.32. The molecule has 1 unspecified atom stereocenters. The molecule has 1 aromatic rings. The van der Waals surface area contributed by atoms with Crippen LogP contribution in [0.4, 0.5) is 0 Å². The smallest absolute Gasteiger partial charge is 0.223 e. The quantitative estimate of drug-likeness (QED) is 0.809. The van der Waals surface area contributed by atoms with Crippen LogP contribution >= 0.6 is 0 Å². The largest absolute Gasteiger partial charge is 0.493 e. The van der Waals surface area contributed by atoms with Gasteiger partial charge in [0.25, 0.3) is 0 Å². The zero-order chi connectivity index (χ0) is 13.5. The van der Waals surface area contributed by atoms with Crippen LogP contribution < -0.4 is 15.4 Å². The molecule has 0 fully saturated rings. The summed E-state index contributed by atoms with van der Waals surface area (Å²) >= 11 is 0. The number of rotatable bonds is 6. The predicted molar refractivity (Wildman–Crippen MR) is 72.8 cm³/mol. The second-order valence-electron chi connectivity index (χ2n) is 4.31. The third-order valence-corrected chi connectivity index (χ3v) is 3.00. The molecule has 2 N–H and O–H groups in total. The number of hydrogen-bond donors (Lipinski definition) is 2. The minimum atomic E-state index is -0.00641. The van der Waals surface area contributed by atoms with Crippen molar-refractivity contribution in [1.82, 2.24) is 10.6 Å². The van der Waals surface area contributed by atoms with Gasteiger partial charge >= 0.3 is 0 Å². The van der Waals surface area contributed by atoms with Crippen LogP contribution in [0.5, 0.6) is 5.75 Å². The maximum Gasteiger partial charge on any atom is 0.223 e. The van der Waals surface area contributed by atoms with Crippen molar-refractivity contribution in [1.29, 1.82) is 0 Å². The molecule has 1 amide bonds. The number of nitrogens with one attached hydrogen (secondary N) is 2. The topological polar surface area (TPSA) is 50.4 Å². The van der Waals surface area contributed by atoms with Crippen molar-refractivity contribution in [3.8, 4) is 5.75 Å². The van der Waals surface area contributed by atoms with Crippen molar-refractivity contribution in [2.45, 2.75) is 26.3 Å². The molecular weight excluding hydrogens is 228 g/mol. The number of carbonyl (C=O) groups is 1. The van der Waals surface area contributed by atoms with Gasteiger partial charge in [0.05, 0.1) is 13.0 Å². The van der Waals surface area contributed by atoms with Crippen molar-refractivity contribution < 1.29 is 9.53 Å². The summed E-state index contributed by atoms with van der Waals surface area (Å²) in [4.78, 5) is 11.1. The number of aryl methyl sites for hydroxylation is 1. The summed E-state index contributed by atoms with van der Waals surface area (Å²) < 4.78 is 5.60. The molecule has 0 aliphatic carbocycles. The first-order valence-corrected chi connectivity index (χ1v) is 6.19. The van der Waals surface area contributed by atoms with Gasteiger partial charge in [-0.25, -0.2) is 0 Å². The van der Waals surface area contributed by atoms with Crippen LogP contribution in [0.3, 0.4) is 0 Å². The minimum absolute atomic E-state index is 0.00641. The number of hydrogen-bond acceptors (Lipinski definition) is 3. The zero-order valence-electron chi connectivity index (χ0n) is 11.5. The lowest BCUT2D eigenvalue weighted by Gasteiger charge is -2.14. The summed E-state index contributed by atoms with van der Waals surface area (Å²) in [6.45, 7) is 4.53. The molecule has 0 aliphatic heterocycles. The molecule has 1 aromatic carbocycles. The van der Waals surface area contributed by atoms with E-state index >= 15 is 0 Å². The molecule has 100 valence electrons. The Hall–Kier alpha value is -1.55. The first-order valence-electron chi connectivity index (χ1n) is 6.19. The fraction of sp³-hybridized carbons (Fsp3) is 0.500. The average molecular weight is 250 g/mol. The van der Waals surface area contributed by atoms with E-state index in [2.05, 4.69) is 23.6 Å². The van der Waals surface area contributed by atoms with E-state index in [4.69, 9.17) is 4.74 Å². The highest BCUT2D eigenvalue weighted by Gasteiger charge is 2.06. The van der Waals surface area contributed by atoms with Crippen LogP contribution in [-0.2, 0) is 4.79 Å². The molecule has 4 nitrogen and oxygen atoms in total. The van der Waals surface area contributed by atoms with Gasteiger partial charge in [-0.15, -0.1) is 0 Å². The third-order valence-electron chi connectivity index (χ3n) is 3.00. The Bertz CT molecular complexity index is 405. The van der Waals surface area contributed by atoms with E-state index in [0.29, 0.717) is 19.1 Å². The summed E-state index contributed by atoms with van der Waals surface area (Å²) in [6, 6.07) is 6.44. The highest BCUT2D eigenvalue weighted by Crippen LogP contribution is 2.22. The van der Waals surface area contributed by atoms with Gasteiger partial charge in [0, 0.05) is 13.1 Å². The van der Waals surface area contributed by atoms with Crippen molar-refractivity contribution in [3.05, 3.63) is 29.3 Å². The SMILES string of the molecule is CNC(=O)CCOc1ccc(C(C)NC)cc1C. The maximum atomic E-state index is 11.1. The molecule has 0 aromatic heterocycles. The van der Waals surface area contributed by atoms with Gasteiger partial charge in [-0.2, -0.15) is 0 Å². The van der Waals surface area contributed by atoms with Crippen LogP contribution in [0.1, 0.15) is 30.5 Å². The lowest BCUT2D eigenvalue weighted by molar-refractivity contribution is -0.121. The fourth-order valence-corrected chi connectivity index (χ4v) is 1.65. The zero-order valence-corrected chi connectivity index (χ0v) is 11.5. The standard InChI is InChI=1S/C14H22N2O2/c1-10-9-12(11(2)15-3)5-6-13(10)18-8-7-14(17)16-4/h5-6,9,11,15H,7-8H2,1-4H3,(H,16,17). The van der Waals surface area contributed by atoms with Crippen molar-refractivity contribution in [3.63, 3.8) is 0 Å². The van der Waals surface area contributed by atoms with E-state index in [0.717, 1.165) is 11.3 Å². The minimum Gasteiger partial charge on any atom is -0.493 e. The molecule has 1 rings (SSSR count). The molecule has 0 saturated carbocycles. The van der Waals surface area contributed by atoms with Gasteiger partial charge in [-0.1, -0.05) is 12.1 Å². The fourth-order valence-electron chi connectivity index (χ4n) is 1.65. The average Bonchev–Trinajstić information content (AvgIpc) is 2.39. The Morgan fingerprint density at radius 2 is 2.11 bits per heavy atom. The van der Waals surface area contributed by atoms with E-state index in [9.17, 15) is 4.79 Å². The summed E-state index contributed by atoms with van der Waals surface area (Å²) in [6.07, 6.45) is 0.380. The maximum absolute atomic E-state index is 11.1. The Morgan fingerprint density at radius 3 is 2.67 bits per heavy atom. The first kappa shape index (κ1) is 14.5. The normalized spacial score (nSPS) is 12.0. The third kappa shape index (κ3) is 4.04. The van der Waals surface area contributed by atoms with Gasteiger partial charge in [-0.05, 0) is 38.1 Å².